The van der Waals surface area contributed by atoms with Crippen LogP contribution in [-0.2, 0) is 16.0 Å². The molecular weight excluding hydrogens is 355 g/mol. The predicted octanol–water partition coefficient (Wildman–Crippen LogP) is 3.27. The maximum Gasteiger partial charge on any atom is 0.339 e. The maximum absolute atomic E-state index is 14.3. The molecule has 2 rings (SSSR count). The third kappa shape index (κ3) is 5.47. The first-order chi connectivity index (χ1) is 13.0. The lowest BCUT2D eigenvalue weighted by Crippen LogP contribution is -2.07. The number of carbonyl (C=O) groups excluding carboxylic acids is 1. The van der Waals surface area contributed by atoms with Crippen LogP contribution in [0.3, 0.4) is 0 Å². The van der Waals surface area contributed by atoms with E-state index in [-0.39, 0.29) is 35.0 Å². The SMILES string of the molecule is CCCCOC(=O)CCc1cnc(-c2cc(C(=O)O)c(OC)cc2F)cn1. The van der Waals surface area contributed by atoms with Crippen LogP contribution in [0.2, 0.25) is 0 Å². The highest BCUT2D eigenvalue weighted by molar-refractivity contribution is 5.92. The minimum Gasteiger partial charge on any atom is -0.496 e. The summed E-state index contributed by atoms with van der Waals surface area (Å²) < 4.78 is 24.2. The molecule has 0 spiro atoms. The van der Waals surface area contributed by atoms with Gasteiger partial charge in [-0.1, -0.05) is 13.3 Å². The number of esters is 1. The fourth-order valence-electron chi connectivity index (χ4n) is 2.34. The van der Waals surface area contributed by atoms with Gasteiger partial charge in [-0.15, -0.1) is 0 Å². The lowest BCUT2D eigenvalue weighted by molar-refractivity contribution is -0.143. The van der Waals surface area contributed by atoms with Crippen molar-refractivity contribution in [1.82, 2.24) is 9.97 Å². The monoisotopic (exact) mass is 376 g/mol. The molecule has 0 bridgehead atoms. The standard InChI is InChI=1S/C19H21FN2O5/c1-3-4-7-27-18(23)6-5-12-10-22-16(11-21-12)13-8-14(19(24)25)17(26-2)9-15(13)20/h8-11H,3-7H2,1-2H3,(H,24,25). The number of hydrogen-bond acceptors (Lipinski definition) is 6. The van der Waals surface area contributed by atoms with Crippen LogP contribution in [0.15, 0.2) is 24.5 Å². The van der Waals surface area contributed by atoms with Gasteiger partial charge in [0.05, 0.1) is 37.7 Å². The van der Waals surface area contributed by atoms with Crippen molar-refractivity contribution in [2.24, 2.45) is 0 Å². The Bertz CT molecular complexity index is 808. The van der Waals surface area contributed by atoms with Crippen molar-refractivity contribution < 1.29 is 28.6 Å². The van der Waals surface area contributed by atoms with Crippen LogP contribution in [0.1, 0.15) is 42.2 Å². The van der Waals surface area contributed by atoms with E-state index in [2.05, 4.69) is 9.97 Å². The lowest BCUT2D eigenvalue weighted by Gasteiger charge is -2.09. The molecule has 8 heteroatoms. The van der Waals surface area contributed by atoms with Gasteiger partial charge in [-0.3, -0.25) is 14.8 Å². The molecule has 0 aliphatic carbocycles. The summed E-state index contributed by atoms with van der Waals surface area (Å²) in [5.74, 6) is -2.28. The fourth-order valence-corrected chi connectivity index (χ4v) is 2.34. The number of hydrogen-bond donors (Lipinski definition) is 1. The molecule has 144 valence electrons. The highest BCUT2D eigenvalue weighted by Gasteiger charge is 2.18. The minimum atomic E-state index is -1.24. The summed E-state index contributed by atoms with van der Waals surface area (Å²) in [5.41, 5.74) is 0.575. The van der Waals surface area contributed by atoms with Crippen molar-refractivity contribution in [1.29, 1.82) is 0 Å². The number of unbranched alkanes of at least 4 members (excludes halogenated alkanes) is 1. The molecule has 0 amide bonds. The Morgan fingerprint density at radius 1 is 1.22 bits per heavy atom. The number of aromatic nitrogens is 2. The highest BCUT2D eigenvalue weighted by atomic mass is 19.1. The van der Waals surface area contributed by atoms with Crippen LogP contribution in [0, 0.1) is 5.82 Å². The first-order valence-electron chi connectivity index (χ1n) is 8.54. The van der Waals surface area contributed by atoms with E-state index in [4.69, 9.17) is 9.47 Å². The second-order valence-electron chi connectivity index (χ2n) is 5.80. The van der Waals surface area contributed by atoms with Crippen LogP contribution >= 0.6 is 0 Å². The highest BCUT2D eigenvalue weighted by Crippen LogP contribution is 2.28. The molecule has 2 aromatic rings. The molecule has 1 aromatic carbocycles. The van der Waals surface area contributed by atoms with E-state index in [0.717, 1.165) is 25.0 Å². The summed E-state index contributed by atoms with van der Waals surface area (Å²) >= 11 is 0. The largest absolute Gasteiger partial charge is 0.496 e. The molecule has 0 unspecified atom stereocenters. The van der Waals surface area contributed by atoms with E-state index in [1.807, 2.05) is 6.92 Å². The summed E-state index contributed by atoms with van der Waals surface area (Å²) in [5, 5.41) is 9.22. The van der Waals surface area contributed by atoms with Gasteiger partial charge < -0.3 is 14.6 Å². The molecule has 27 heavy (non-hydrogen) atoms. The van der Waals surface area contributed by atoms with Gasteiger partial charge in [-0.25, -0.2) is 9.18 Å². The number of halogens is 1. The molecule has 0 saturated carbocycles. The van der Waals surface area contributed by atoms with Gasteiger partial charge in [0.1, 0.15) is 17.1 Å². The summed E-state index contributed by atoms with van der Waals surface area (Å²) in [4.78, 5) is 31.2. The number of carbonyl (C=O) groups is 2. The Morgan fingerprint density at radius 3 is 2.59 bits per heavy atom. The Morgan fingerprint density at radius 2 is 2.00 bits per heavy atom. The van der Waals surface area contributed by atoms with Gasteiger partial charge in [-0.05, 0) is 12.5 Å². The van der Waals surface area contributed by atoms with Gasteiger partial charge in [0.2, 0.25) is 0 Å². The molecule has 0 aliphatic rings. The molecule has 0 radical (unpaired) electrons. The normalized spacial score (nSPS) is 10.5. The summed E-state index contributed by atoms with van der Waals surface area (Å²) in [6.45, 7) is 2.42. The maximum atomic E-state index is 14.3. The zero-order chi connectivity index (χ0) is 19.8. The van der Waals surface area contributed by atoms with Crippen molar-refractivity contribution in [2.75, 3.05) is 13.7 Å². The number of carboxylic acids is 1. The molecule has 7 nitrogen and oxygen atoms in total. The van der Waals surface area contributed by atoms with Crippen molar-refractivity contribution in [3.63, 3.8) is 0 Å². The molecule has 0 saturated heterocycles. The van der Waals surface area contributed by atoms with Gasteiger partial charge in [-0.2, -0.15) is 0 Å². The predicted molar refractivity (Wildman–Crippen MR) is 95.1 cm³/mol. The lowest BCUT2D eigenvalue weighted by atomic mass is 10.1. The summed E-state index contributed by atoms with van der Waals surface area (Å²) in [6, 6.07) is 2.16. The van der Waals surface area contributed by atoms with Crippen molar-refractivity contribution in [2.45, 2.75) is 32.6 Å². The van der Waals surface area contributed by atoms with Gasteiger partial charge in [0.15, 0.2) is 0 Å². The van der Waals surface area contributed by atoms with E-state index >= 15 is 0 Å². The van der Waals surface area contributed by atoms with E-state index < -0.39 is 11.8 Å². The average Bonchev–Trinajstić information content (AvgIpc) is 2.66. The summed E-state index contributed by atoms with van der Waals surface area (Å²) in [6.07, 6.45) is 5.08. The number of ether oxygens (including phenoxy) is 2. The molecular formula is C19H21FN2O5. The minimum absolute atomic E-state index is 0.00576. The zero-order valence-corrected chi connectivity index (χ0v) is 15.2. The Labute approximate surface area is 156 Å². The van der Waals surface area contributed by atoms with Gasteiger partial charge >= 0.3 is 11.9 Å². The Hall–Kier alpha value is -3.03. The number of rotatable bonds is 9. The topological polar surface area (TPSA) is 98.6 Å². The molecule has 0 fully saturated rings. The second-order valence-corrected chi connectivity index (χ2v) is 5.80. The number of methoxy groups -OCH3 is 1. The quantitative estimate of drug-likeness (QED) is 0.530. The average molecular weight is 376 g/mol. The van der Waals surface area contributed by atoms with Crippen LogP contribution in [0.5, 0.6) is 5.75 Å². The van der Waals surface area contributed by atoms with E-state index in [9.17, 15) is 19.1 Å². The van der Waals surface area contributed by atoms with Crippen LogP contribution in [-0.4, -0.2) is 40.7 Å². The third-order valence-corrected chi connectivity index (χ3v) is 3.85. The summed E-state index contributed by atoms with van der Waals surface area (Å²) in [7, 11) is 1.27. The first kappa shape index (κ1) is 20.3. The Kier molecular flexibility index (Phi) is 7.22. The van der Waals surface area contributed by atoms with E-state index in [0.29, 0.717) is 18.7 Å². The molecule has 0 aliphatic heterocycles. The number of aryl methyl sites for hydroxylation is 1. The van der Waals surface area contributed by atoms with Gasteiger partial charge in [0, 0.05) is 24.2 Å². The smallest absolute Gasteiger partial charge is 0.339 e. The van der Waals surface area contributed by atoms with E-state index in [1.54, 1.807) is 0 Å². The molecule has 1 heterocycles. The number of benzene rings is 1. The molecule has 1 N–H and O–H groups in total. The van der Waals surface area contributed by atoms with Crippen molar-refractivity contribution in [3.8, 4) is 17.0 Å². The molecule has 0 atom stereocenters. The Balaban J connectivity index is 2.10. The van der Waals surface area contributed by atoms with E-state index in [1.165, 1.54) is 19.5 Å². The fraction of sp³-hybridized carbons (Fsp3) is 0.368. The van der Waals surface area contributed by atoms with Crippen molar-refractivity contribution in [3.05, 3.63) is 41.6 Å². The number of nitrogens with zero attached hydrogens (tertiary/aromatic N) is 2. The van der Waals surface area contributed by atoms with Crippen LogP contribution in [0.25, 0.3) is 11.3 Å². The molecule has 1 aromatic heterocycles. The van der Waals surface area contributed by atoms with Crippen molar-refractivity contribution >= 4 is 11.9 Å². The van der Waals surface area contributed by atoms with Crippen LogP contribution < -0.4 is 4.74 Å². The zero-order valence-electron chi connectivity index (χ0n) is 15.2. The first-order valence-corrected chi connectivity index (χ1v) is 8.54. The number of aromatic carboxylic acids is 1. The van der Waals surface area contributed by atoms with Crippen LogP contribution in [0.4, 0.5) is 4.39 Å². The second kappa shape index (κ2) is 9.61. The van der Waals surface area contributed by atoms with Gasteiger partial charge in [0.25, 0.3) is 0 Å². The third-order valence-electron chi connectivity index (χ3n) is 3.85. The number of carboxylic acid groups (broad SMARTS) is 1.